The standard InChI is InChI=1S/C21H20ClN5O4S/c1-3-10-26-20(14(2)31-18-9-4-6-15(22)11-18)24-25-21(26)32-13-19(28)23-16-7-5-8-17(12-16)27(29)30/h3-9,11-12,14H,1,10,13H2,2H3,(H,23,28). The van der Waals surface area contributed by atoms with Crippen molar-refractivity contribution in [3.05, 3.63) is 82.1 Å². The number of thioether (sulfide) groups is 1. The summed E-state index contributed by atoms with van der Waals surface area (Å²) in [6.07, 6.45) is 1.28. The molecule has 2 aromatic carbocycles. The van der Waals surface area contributed by atoms with Gasteiger partial charge in [0, 0.05) is 29.4 Å². The number of aromatic nitrogens is 3. The fourth-order valence-corrected chi connectivity index (χ4v) is 3.76. The largest absolute Gasteiger partial charge is 0.483 e. The van der Waals surface area contributed by atoms with E-state index in [-0.39, 0.29) is 17.3 Å². The monoisotopic (exact) mass is 473 g/mol. The molecule has 0 bridgehead atoms. The molecule has 9 nitrogen and oxygen atoms in total. The Hall–Kier alpha value is -3.37. The Morgan fingerprint density at radius 3 is 2.84 bits per heavy atom. The van der Waals surface area contributed by atoms with Crippen molar-refractivity contribution < 1.29 is 14.5 Å². The molecule has 1 heterocycles. The van der Waals surface area contributed by atoms with Crippen LogP contribution >= 0.6 is 23.4 Å². The number of nitro groups is 1. The van der Waals surface area contributed by atoms with Gasteiger partial charge in [-0.1, -0.05) is 41.6 Å². The molecule has 3 rings (SSSR count). The van der Waals surface area contributed by atoms with Crippen LogP contribution in [0.1, 0.15) is 18.9 Å². The second-order valence-corrected chi connectivity index (χ2v) is 7.98. The lowest BCUT2D eigenvalue weighted by Crippen LogP contribution is -2.15. The lowest BCUT2D eigenvalue weighted by atomic mass is 10.3. The van der Waals surface area contributed by atoms with E-state index >= 15 is 0 Å². The van der Waals surface area contributed by atoms with Gasteiger partial charge in [-0.25, -0.2) is 0 Å². The Kier molecular flexibility index (Phi) is 7.85. The molecule has 0 aliphatic heterocycles. The zero-order valence-corrected chi connectivity index (χ0v) is 18.7. The Morgan fingerprint density at radius 2 is 2.12 bits per heavy atom. The van der Waals surface area contributed by atoms with Crippen LogP contribution in [0.25, 0.3) is 0 Å². The number of carbonyl (C=O) groups is 1. The van der Waals surface area contributed by atoms with Crippen LogP contribution in [0.5, 0.6) is 5.75 Å². The summed E-state index contributed by atoms with van der Waals surface area (Å²) in [5.74, 6) is 0.894. The van der Waals surface area contributed by atoms with Crippen LogP contribution in [0, 0.1) is 10.1 Å². The van der Waals surface area contributed by atoms with Crippen LogP contribution in [-0.4, -0.2) is 31.3 Å². The summed E-state index contributed by atoms with van der Waals surface area (Å²) < 4.78 is 7.74. The predicted molar refractivity (Wildman–Crippen MR) is 123 cm³/mol. The number of ether oxygens (including phenoxy) is 1. The smallest absolute Gasteiger partial charge is 0.271 e. The number of amides is 1. The van der Waals surface area contributed by atoms with E-state index in [1.807, 2.05) is 11.5 Å². The molecule has 1 atom stereocenters. The van der Waals surface area contributed by atoms with E-state index in [2.05, 4.69) is 22.1 Å². The number of benzene rings is 2. The van der Waals surface area contributed by atoms with E-state index in [1.165, 1.54) is 30.0 Å². The molecule has 166 valence electrons. The number of nitrogens with one attached hydrogen (secondary N) is 1. The molecule has 0 fully saturated rings. The van der Waals surface area contributed by atoms with Crippen LogP contribution in [0.3, 0.4) is 0 Å². The lowest BCUT2D eigenvalue weighted by Gasteiger charge is -2.16. The van der Waals surface area contributed by atoms with Crippen molar-refractivity contribution >= 4 is 40.6 Å². The highest BCUT2D eigenvalue weighted by Crippen LogP contribution is 2.26. The molecule has 1 aromatic heterocycles. The average Bonchev–Trinajstić information content (AvgIpc) is 3.15. The number of rotatable bonds is 10. The normalized spacial score (nSPS) is 11.6. The summed E-state index contributed by atoms with van der Waals surface area (Å²) in [7, 11) is 0. The fourth-order valence-electron chi connectivity index (χ4n) is 2.83. The summed E-state index contributed by atoms with van der Waals surface area (Å²) >= 11 is 7.20. The van der Waals surface area contributed by atoms with Gasteiger partial charge in [-0.3, -0.25) is 19.5 Å². The summed E-state index contributed by atoms with van der Waals surface area (Å²) in [5, 5.41) is 23.0. The maximum atomic E-state index is 12.3. The molecular formula is C21H20ClN5O4S. The number of carbonyl (C=O) groups excluding carboxylic acids is 1. The topological polar surface area (TPSA) is 112 Å². The molecule has 0 spiro atoms. The van der Waals surface area contributed by atoms with E-state index in [0.717, 1.165) is 0 Å². The summed E-state index contributed by atoms with van der Waals surface area (Å²) in [6.45, 7) is 6.04. The van der Waals surface area contributed by atoms with Crippen molar-refractivity contribution in [3.8, 4) is 5.75 Å². The third-order valence-electron chi connectivity index (χ3n) is 4.20. The molecular weight excluding hydrogens is 454 g/mol. The van der Waals surface area contributed by atoms with E-state index in [1.54, 1.807) is 36.4 Å². The Morgan fingerprint density at radius 1 is 1.34 bits per heavy atom. The van der Waals surface area contributed by atoms with Gasteiger partial charge in [0.1, 0.15) is 5.75 Å². The zero-order valence-electron chi connectivity index (χ0n) is 17.1. The first-order valence-corrected chi connectivity index (χ1v) is 10.9. The number of nitrogens with zero attached hydrogens (tertiary/aromatic N) is 4. The molecule has 0 aliphatic rings. The highest BCUT2D eigenvalue weighted by Gasteiger charge is 2.20. The minimum absolute atomic E-state index is 0.0432. The highest BCUT2D eigenvalue weighted by molar-refractivity contribution is 7.99. The van der Waals surface area contributed by atoms with Gasteiger partial charge < -0.3 is 10.1 Å². The number of hydrogen-bond acceptors (Lipinski definition) is 7. The lowest BCUT2D eigenvalue weighted by molar-refractivity contribution is -0.384. The van der Waals surface area contributed by atoms with Crippen molar-refractivity contribution in [3.63, 3.8) is 0 Å². The van der Waals surface area contributed by atoms with Crippen molar-refractivity contribution in [2.75, 3.05) is 11.1 Å². The molecule has 1 unspecified atom stereocenters. The fraction of sp³-hybridized carbons (Fsp3) is 0.190. The Balaban J connectivity index is 1.67. The van der Waals surface area contributed by atoms with Crippen LogP contribution < -0.4 is 10.1 Å². The van der Waals surface area contributed by atoms with Gasteiger partial charge in [0.25, 0.3) is 5.69 Å². The number of non-ortho nitro benzene ring substituents is 1. The predicted octanol–water partition coefficient (Wildman–Crippen LogP) is 4.90. The molecule has 1 amide bonds. The van der Waals surface area contributed by atoms with Crippen molar-refractivity contribution in [2.24, 2.45) is 0 Å². The van der Waals surface area contributed by atoms with Crippen molar-refractivity contribution in [1.29, 1.82) is 0 Å². The first kappa shape index (κ1) is 23.3. The van der Waals surface area contributed by atoms with E-state index < -0.39 is 11.0 Å². The first-order chi connectivity index (χ1) is 15.4. The summed E-state index contributed by atoms with van der Waals surface area (Å²) in [5.41, 5.74) is 0.251. The molecule has 3 aromatic rings. The minimum atomic E-state index is -0.518. The van der Waals surface area contributed by atoms with Gasteiger partial charge in [0.15, 0.2) is 17.1 Å². The number of nitro benzene ring substituents is 1. The molecule has 0 saturated carbocycles. The van der Waals surface area contributed by atoms with Crippen molar-refractivity contribution in [1.82, 2.24) is 14.8 Å². The molecule has 0 aliphatic carbocycles. The van der Waals surface area contributed by atoms with E-state index in [4.69, 9.17) is 16.3 Å². The van der Waals surface area contributed by atoms with Crippen LogP contribution in [0.2, 0.25) is 5.02 Å². The van der Waals surface area contributed by atoms with E-state index in [0.29, 0.717) is 34.0 Å². The van der Waals surface area contributed by atoms with Gasteiger partial charge in [-0.15, -0.1) is 16.8 Å². The zero-order chi connectivity index (χ0) is 23.1. The van der Waals surface area contributed by atoms with Crippen LogP contribution in [0.15, 0.2) is 66.3 Å². The van der Waals surface area contributed by atoms with E-state index in [9.17, 15) is 14.9 Å². The highest BCUT2D eigenvalue weighted by atomic mass is 35.5. The van der Waals surface area contributed by atoms with Crippen LogP contribution in [-0.2, 0) is 11.3 Å². The van der Waals surface area contributed by atoms with Gasteiger partial charge >= 0.3 is 0 Å². The van der Waals surface area contributed by atoms with Gasteiger partial charge in [-0.2, -0.15) is 0 Å². The molecule has 11 heteroatoms. The Bertz CT molecular complexity index is 1140. The summed E-state index contributed by atoms with van der Waals surface area (Å²) in [6, 6.07) is 12.8. The Labute approximate surface area is 193 Å². The van der Waals surface area contributed by atoms with Gasteiger partial charge in [0.2, 0.25) is 5.91 Å². The second kappa shape index (κ2) is 10.8. The first-order valence-electron chi connectivity index (χ1n) is 9.50. The second-order valence-electron chi connectivity index (χ2n) is 6.60. The third-order valence-corrected chi connectivity index (χ3v) is 5.40. The van der Waals surface area contributed by atoms with Gasteiger partial charge in [-0.05, 0) is 31.2 Å². The van der Waals surface area contributed by atoms with Crippen molar-refractivity contribution in [2.45, 2.75) is 24.7 Å². The maximum Gasteiger partial charge on any atom is 0.271 e. The SMILES string of the molecule is C=CCn1c(SCC(=O)Nc2cccc([N+](=O)[O-])c2)nnc1C(C)Oc1cccc(Cl)c1. The minimum Gasteiger partial charge on any atom is -0.483 e. The molecule has 32 heavy (non-hydrogen) atoms. The molecule has 0 radical (unpaired) electrons. The molecule has 1 N–H and O–H groups in total. The number of halogens is 1. The summed E-state index contributed by atoms with van der Waals surface area (Å²) in [4.78, 5) is 22.7. The van der Waals surface area contributed by atoms with Crippen LogP contribution in [0.4, 0.5) is 11.4 Å². The van der Waals surface area contributed by atoms with Gasteiger partial charge in [0.05, 0.1) is 10.7 Å². The number of anilines is 1. The number of allylic oxidation sites excluding steroid dienone is 1. The average molecular weight is 474 g/mol. The quantitative estimate of drug-likeness (QED) is 0.193. The maximum absolute atomic E-state index is 12.3. The number of hydrogen-bond donors (Lipinski definition) is 1. The molecule has 0 saturated heterocycles. The third kappa shape index (κ3) is 6.08.